The van der Waals surface area contributed by atoms with Crippen molar-refractivity contribution in [2.45, 2.75) is 6.92 Å². The summed E-state index contributed by atoms with van der Waals surface area (Å²) in [4.78, 5) is 1.29. The van der Waals surface area contributed by atoms with Crippen LogP contribution in [0.1, 0.15) is 6.92 Å². The zero-order valence-corrected chi connectivity index (χ0v) is 7.55. The van der Waals surface area contributed by atoms with Crippen LogP contribution in [-0.4, -0.2) is 0 Å². The summed E-state index contributed by atoms with van der Waals surface area (Å²) in [6.07, 6.45) is 4.08. The number of halogens is 1. The lowest BCUT2D eigenvalue weighted by Crippen LogP contribution is -1.78. The van der Waals surface area contributed by atoms with Crippen LogP contribution in [0.2, 0.25) is 0 Å². The van der Waals surface area contributed by atoms with Crippen molar-refractivity contribution in [3.8, 4) is 0 Å². The van der Waals surface area contributed by atoms with Crippen molar-refractivity contribution in [2.24, 2.45) is 0 Å². The lowest BCUT2D eigenvalue weighted by Gasteiger charge is -2.05. The summed E-state index contributed by atoms with van der Waals surface area (Å²) in [5, 5.41) is 0. The van der Waals surface area contributed by atoms with Crippen LogP contribution in [0.4, 0.5) is 0 Å². The maximum absolute atomic E-state index is 3.82. The standard InChI is InChI=1S/C7H7BrS/c1-5-3-6(2)9-7(8)4-5/h3-4H,1H2,2H3. The molecule has 0 aliphatic carbocycles. The van der Waals surface area contributed by atoms with E-state index < -0.39 is 0 Å². The maximum Gasteiger partial charge on any atom is 0.0553 e. The van der Waals surface area contributed by atoms with Gasteiger partial charge in [-0.3, -0.25) is 0 Å². The molecule has 0 amide bonds. The number of hydrogen-bond donors (Lipinski definition) is 0. The molecular formula is C7H7BrS. The number of hydrogen-bond acceptors (Lipinski definition) is 1. The monoisotopic (exact) mass is 202 g/mol. The molecule has 2 heteroatoms. The minimum Gasteiger partial charge on any atom is -0.0917 e. The minimum atomic E-state index is 1.07. The van der Waals surface area contributed by atoms with Gasteiger partial charge in [-0.25, -0.2) is 0 Å². The van der Waals surface area contributed by atoms with Crippen molar-refractivity contribution in [1.82, 2.24) is 0 Å². The van der Waals surface area contributed by atoms with E-state index in [0.29, 0.717) is 0 Å². The van der Waals surface area contributed by atoms with Crippen LogP contribution >= 0.6 is 27.7 Å². The normalized spacial score (nSPS) is 19.1. The number of thioether (sulfide) groups is 1. The third-order valence-corrected chi connectivity index (χ3v) is 2.41. The van der Waals surface area contributed by atoms with E-state index in [1.54, 1.807) is 11.8 Å². The fraction of sp³-hybridized carbons (Fsp3) is 0.143. The Labute approximate surface area is 67.8 Å². The molecule has 0 radical (unpaired) electrons. The van der Waals surface area contributed by atoms with E-state index in [-0.39, 0.29) is 0 Å². The first kappa shape index (κ1) is 7.16. The first-order chi connectivity index (χ1) is 4.18. The fourth-order valence-corrected chi connectivity index (χ4v) is 2.45. The van der Waals surface area contributed by atoms with E-state index in [4.69, 9.17) is 0 Å². The van der Waals surface area contributed by atoms with Gasteiger partial charge in [0.2, 0.25) is 0 Å². The van der Waals surface area contributed by atoms with Crippen LogP contribution in [0.25, 0.3) is 0 Å². The summed E-state index contributed by atoms with van der Waals surface area (Å²) in [6.45, 7) is 5.89. The number of allylic oxidation sites excluding steroid dienone is 4. The molecule has 0 unspecified atom stereocenters. The Kier molecular flexibility index (Phi) is 2.19. The summed E-state index contributed by atoms with van der Waals surface area (Å²) in [5.41, 5.74) is 1.07. The summed E-state index contributed by atoms with van der Waals surface area (Å²) in [6, 6.07) is 0. The van der Waals surface area contributed by atoms with Gasteiger partial charge in [-0.1, -0.05) is 18.3 Å². The van der Waals surface area contributed by atoms with Gasteiger partial charge in [0.15, 0.2) is 0 Å². The maximum atomic E-state index is 3.82. The largest absolute Gasteiger partial charge is 0.0917 e. The highest BCUT2D eigenvalue weighted by Crippen LogP contribution is 2.34. The van der Waals surface area contributed by atoms with Gasteiger partial charge in [0.05, 0.1) is 3.81 Å². The predicted molar refractivity (Wildman–Crippen MR) is 47.5 cm³/mol. The second kappa shape index (κ2) is 2.76. The van der Waals surface area contributed by atoms with Crippen LogP contribution in [0.15, 0.2) is 33.0 Å². The van der Waals surface area contributed by atoms with E-state index in [1.807, 2.05) is 6.08 Å². The molecule has 1 aliphatic heterocycles. The SMILES string of the molecule is C=C1C=C(C)SC(Br)=C1. The van der Waals surface area contributed by atoms with E-state index >= 15 is 0 Å². The Balaban J connectivity index is 2.81. The van der Waals surface area contributed by atoms with Crippen LogP contribution in [0.5, 0.6) is 0 Å². The van der Waals surface area contributed by atoms with Gasteiger partial charge in [0.1, 0.15) is 0 Å². The molecule has 0 fully saturated rings. The molecule has 0 aromatic heterocycles. The molecular weight excluding hydrogens is 196 g/mol. The topological polar surface area (TPSA) is 0 Å². The van der Waals surface area contributed by atoms with Gasteiger partial charge in [-0.15, -0.1) is 0 Å². The van der Waals surface area contributed by atoms with E-state index in [9.17, 15) is 0 Å². The van der Waals surface area contributed by atoms with Crippen molar-refractivity contribution in [1.29, 1.82) is 0 Å². The Morgan fingerprint density at radius 3 is 2.67 bits per heavy atom. The second-order valence-electron chi connectivity index (χ2n) is 1.88. The van der Waals surface area contributed by atoms with Crippen LogP contribution in [-0.2, 0) is 0 Å². The highest BCUT2D eigenvalue weighted by atomic mass is 79.9. The van der Waals surface area contributed by atoms with Gasteiger partial charge in [-0.05, 0) is 45.5 Å². The molecule has 0 spiro atoms. The lowest BCUT2D eigenvalue weighted by molar-refractivity contribution is 1.60. The average Bonchev–Trinajstić information content (AvgIpc) is 1.59. The Morgan fingerprint density at radius 2 is 2.22 bits per heavy atom. The quantitative estimate of drug-likeness (QED) is 0.581. The van der Waals surface area contributed by atoms with Gasteiger partial charge in [-0.2, -0.15) is 0 Å². The number of rotatable bonds is 0. The van der Waals surface area contributed by atoms with E-state index in [2.05, 4.69) is 35.5 Å². The first-order valence-corrected chi connectivity index (χ1v) is 4.21. The summed E-state index contributed by atoms with van der Waals surface area (Å²) in [7, 11) is 0. The summed E-state index contributed by atoms with van der Waals surface area (Å²) in [5.74, 6) is 0. The molecule has 1 rings (SSSR count). The molecule has 1 heterocycles. The van der Waals surface area contributed by atoms with E-state index in [1.165, 1.54) is 4.91 Å². The Morgan fingerprint density at radius 1 is 1.56 bits per heavy atom. The van der Waals surface area contributed by atoms with Gasteiger partial charge < -0.3 is 0 Å². The van der Waals surface area contributed by atoms with Crippen molar-refractivity contribution in [3.05, 3.63) is 33.0 Å². The molecule has 0 atom stereocenters. The Bertz CT molecular complexity index is 181. The fourth-order valence-electron chi connectivity index (χ4n) is 0.661. The van der Waals surface area contributed by atoms with Crippen LogP contribution < -0.4 is 0 Å². The predicted octanol–water partition coefficient (Wildman–Crippen LogP) is 3.43. The van der Waals surface area contributed by atoms with Crippen molar-refractivity contribution >= 4 is 27.7 Å². The third kappa shape index (κ3) is 2.03. The van der Waals surface area contributed by atoms with Crippen LogP contribution in [0, 0.1) is 0 Å². The molecule has 0 nitrogen and oxygen atoms in total. The van der Waals surface area contributed by atoms with Crippen molar-refractivity contribution in [2.75, 3.05) is 0 Å². The molecule has 0 saturated carbocycles. The third-order valence-electron chi connectivity index (χ3n) is 0.946. The highest BCUT2D eigenvalue weighted by Gasteiger charge is 2.01. The molecule has 0 aromatic rings. The molecule has 0 saturated heterocycles. The molecule has 0 aromatic carbocycles. The van der Waals surface area contributed by atoms with Gasteiger partial charge >= 0.3 is 0 Å². The molecule has 0 N–H and O–H groups in total. The van der Waals surface area contributed by atoms with E-state index in [0.717, 1.165) is 9.39 Å². The zero-order valence-electron chi connectivity index (χ0n) is 5.15. The smallest absolute Gasteiger partial charge is 0.0553 e. The molecule has 48 valence electrons. The molecule has 9 heavy (non-hydrogen) atoms. The van der Waals surface area contributed by atoms with Crippen LogP contribution in [0.3, 0.4) is 0 Å². The summed E-state index contributed by atoms with van der Waals surface area (Å²) < 4.78 is 1.15. The average molecular weight is 203 g/mol. The van der Waals surface area contributed by atoms with Gasteiger partial charge in [0.25, 0.3) is 0 Å². The van der Waals surface area contributed by atoms with Crippen molar-refractivity contribution < 1.29 is 0 Å². The van der Waals surface area contributed by atoms with Crippen molar-refractivity contribution in [3.63, 3.8) is 0 Å². The molecule has 0 bridgehead atoms. The highest BCUT2D eigenvalue weighted by molar-refractivity contribution is 9.14. The Hall–Kier alpha value is 0.0500. The minimum absolute atomic E-state index is 1.07. The van der Waals surface area contributed by atoms with Gasteiger partial charge in [0, 0.05) is 0 Å². The first-order valence-electron chi connectivity index (χ1n) is 2.61. The zero-order chi connectivity index (χ0) is 6.85. The summed E-state index contributed by atoms with van der Waals surface area (Å²) >= 11 is 5.11. The lowest BCUT2D eigenvalue weighted by atomic mass is 10.3. The molecule has 1 aliphatic rings. The second-order valence-corrected chi connectivity index (χ2v) is 4.55.